The van der Waals surface area contributed by atoms with Gasteiger partial charge in [0.2, 0.25) is 10.0 Å². The molecule has 1 aromatic carbocycles. The summed E-state index contributed by atoms with van der Waals surface area (Å²) in [6.45, 7) is 3.13. The zero-order valence-electron chi connectivity index (χ0n) is 14.6. The number of piperidine rings is 1. The van der Waals surface area contributed by atoms with Crippen molar-refractivity contribution in [2.24, 2.45) is 5.92 Å². The Morgan fingerprint density at radius 2 is 2.20 bits per heavy atom. The zero-order valence-corrected chi connectivity index (χ0v) is 15.4. The van der Waals surface area contributed by atoms with Crippen molar-refractivity contribution >= 4 is 15.9 Å². The number of benzene rings is 1. The highest BCUT2D eigenvalue weighted by Gasteiger charge is 2.16. The molecule has 1 aliphatic heterocycles. The Morgan fingerprint density at radius 1 is 1.36 bits per heavy atom. The fourth-order valence-corrected chi connectivity index (χ4v) is 3.89. The van der Waals surface area contributed by atoms with Gasteiger partial charge in [0, 0.05) is 25.8 Å². The van der Waals surface area contributed by atoms with E-state index in [1.807, 2.05) is 0 Å². The Hall–Kier alpha value is -1.48. The largest absolute Gasteiger partial charge is 0.383 e. The number of hydrogen-bond donors (Lipinski definition) is 3. The minimum atomic E-state index is -3.64. The molecule has 0 aromatic heterocycles. The van der Waals surface area contributed by atoms with Crippen LogP contribution in [-0.2, 0) is 14.8 Å². The van der Waals surface area contributed by atoms with Gasteiger partial charge in [-0.05, 0) is 56.5 Å². The number of hydrogen-bond acceptors (Lipinski definition) is 5. The van der Waals surface area contributed by atoms with Gasteiger partial charge >= 0.3 is 0 Å². The summed E-state index contributed by atoms with van der Waals surface area (Å²) < 4.78 is 31.7. The van der Waals surface area contributed by atoms with Gasteiger partial charge in [-0.1, -0.05) is 6.07 Å². The number of ether oxygens (including phenoxy) is 1. The maximum atomic E-state index is 12.3. The molecule has 0 radical (unpaired) electrons. The number of carbonyl (C=O) groups is 1. The monoisotopic (exact) mass is 369 g/mol. The number of amides is 1. The second-order valence-corrected chi connectivity index (χ2v) is 7.94. The van der Waals surface area contributed by atoms with Crippen LogP contribution in [0.25, 0.3) is 0 Å². The Labute approximate surface area is 149 Å². The second-order valence-electron chi connectivity index (χ2n) is 6.18. The fraction of sp³-hybridized carbons (Fsp3) is 0.588. The van der Waals surface area contributed by atoms with Crippen molar-refractivity contribution in [3.8, 4) is 0 Å². The van der Waals surface area contributed by atoms with Gasteiger partial charge in [-0.15, -0.1) is 0 Å². The number of sulfonamides is 1. The molecule has 1 heterocycles. The second kappa shape index (κ2) is 9.86. The summed E-state index contributed by atoms with van der Waals surface area (Å²) in [5.74, 6) is 0.337. The molecule has 1 aliphatic rings. The summed E-state index contributed by atoms with van der Waals surface area (Å²) >= 11 is 0. The molecule has 0 spiro atoms. The van der Waals surface area contributed by atoms with Gasteiger partial charge < -0.3 is 15.4 Å². The molecule has 1 amide bonds. The van der Waals surface area contributed by atoms with Gasteiger partial charge in [-0.3, -0.25) is 4.79 Å². The van der Waals surface area contributed by atoms with Crippen molar-refractivity contribution in [3.63, 3.8) is 0 Å². The molecule has 0 bridgehead atoms. The number of methoxy groups -OCH3 is 1. The topological polar surface area (TPSA) is 96.5 Å². The van der Waals surface area contributed by atoms with E-state index in [-0.39, 0.29) is 24.0 Å². The predicted octanol–water partition coefficient (Wildman–Crippen LogP) is 0.731. The van der Waals surface area contributed by atoms with E-state index < -0.39 is 10.0 Å². The van der Waals surface area contributed by atoms with E-state index in [1.165, 1.54) is 32.1 Å². The first kappa shape index (κ1) is 19.8. The minimum Gasteiger partial charge on any atom is -0.383 e. The average Bonchev–Trinajstić information content (AvgIpc) is 2.63. The van der Waals surface area contributed by atoms with Crippen molar-refractivity contribution in [2.45, 2.75) is 24.2 Å². The number of nitrogens with one attached hydrogen (secondary N) is 3. The summed E-state index contributed by atoms with van der Waals surface area (Å²) in [5.41, 5.74) is 0.344. The smallest absolute Gasteiger partial charge is 0.251 e. The lowest BCUT2D eigenvalue weighted by Gasteiger charge is -2.22. The molecule has 2 rings (SSSR count). The van der Waals surface area contributed by atoms with Crippen LogP contribution in [0.3, 0.4) is 0 Å². The summed E-state index contributed by atoms with van der Waals surface area (Å²) in [6, 6.07) is 6.06. The third-order valence-corrected chi connectivity index (χ3v) is 5.70. The van der Waals surface area contributed by atoms with E-state index in [1.54, 1.807) is 12.1 Å². The van der Waals surface area contributed by atoms with Gasteiger partial charge in [0.15, 0.2) is 0 Å². The molecule has 7 nitrogen and oxygen atoms in total. The third kappa shape index (κ3) is 6.39. The highest BCUT2D eigenvalue weighted by molar-refractivity contribution is 7.89. The van der Waals surface area contributed by atoms with Crippen LogP contribution in [0.1, 0.15) is 29.6 Å². The zero-order chi connectivity index (χ0) is 18.1. The average molecular weight is 369 g/mol. The molecule has 1 unspecified atom stereocenters. The standard InChI is InChI=1S/C17H27N3O4S/c1-24-11-10-20-25(22,23)16-6-2-5-15(12-16)17(21)19-9-7-14-4-3-8-18-13-14/h2,5-6,12,14,18,20H,3-4,7-11,13H2,1H3,(H,19,21). The first-order valence-corrected chi connectivity index (χ1v) is 10.1. The molecule has 8 heteroatoms. The number of carbonyl (C=O) groups excluding carboxylic acids is 1. The maximum absolute atomic E-state index is 12.3. The first-order valence-electron chi connectivity index (χ1n) is 8.60. The quantitative estimate of drug-likeness (QED) is 0.558. The molecule has 25 heavy (non-hydrogen) atoms. The van der Waals surface area contributed by atoms with Crippen molar-refractivity contribution in [3.05, 3.63) is 29.8 Å². The van der Waals surface area contributed by atoms with Gasteiger partial charge in [0.1, 0.15) is 0 Å². The Bertz CT molecular complexity index is 658. The lowest BCUT2D eigenvalue weighted by molar-refractivity contribution is 0.0950. The van der Waals surface area contributed by atoms with Crippen LogP contribution in [0.2, 0.25) is 0 Å². The summed E-state index contributed by atoms with van der Waals surface area (Å²) in [6.07, 6.45) is 3.29. The van der Waals surface area contributed by atoms with Crippen LogP contribution >= 0.6 is 0 Å². The summed E-state index contributed by atoms with van der Waals surface area (Å²) in [4.78, 5) is 12.3. The lowest BCUT2D eigenvalue weighted by atomic mass is 9.96. The van der Waals surface area contributed by atoms with Crippen LogP contribution in [0.15, 0.2) is 29.2 Å². The van der Waals surface area contributed by atoms with Crippen LogP contribution in [-0.4, -0.2) is 54.2 Å². The van der Waals surface area contributed by atoms with Crippen molar-refractivity contribution < 1.29 is 17.9 Å². The van der Waals surface area contributed by atoms with E-state index in [0.29, 0.717) is 18.0 Å². The molecule has 3 N–H and O–H groups in total. The molecule has 0 aliphatic carbocycles. The molecule has 140 valence electrons. The van der Waals surface area contributed by atoms with E-state index in [9.17, 15) is 13.2 Å². The summed E-state index contributed by atoms with van der Waals surface area (Å²) in [5, 5.41) is 6.23. The maximum Gasteiger partial charge on any atom is 0.251 e. The van der Waals surface area contributed by atoms with Crippen LogP contribution in [0, 0.1) is 5.92 Å². The van der Waals surface area contributed by atoms with Crippen molar-refractivity contribution in [2.75, 3.05) is 39.9 Å². The molecule has 1 aromatic rings. The molecule has 1 fully saturated rings. The van der Waals surface area contributed by atoms with Crippen LogP contribution in [0.4, 0.5) is 0 Å². The van der Waals surface area contributed by atoms with Crippen molar-refractivity contribution in [1.29, 1.82) is 0 Å². The molecule has 1 atom stereocenters. The van der Waals surface area contributed by atoms with Gasteiger partial charge in [0.25, 0.3) is 5.91 Å². The Balaban J connectivity index is 1.89. The highest BCUT2D eigenvalue weighted by atomic mass is 32.2. The lowest BCUT2D eigenvalue weighted by Crippen LogP contribution is -2.33. The van der Waals surface area contributed by atoms with Gasteiger partial charge in [0.05, 0.1) is 11.5 Å². The van der Waals surface area contributed by atoms with E-state index in [0.717, 1.165) is 19.5 Å². The molecular weight excluding hydrogens is 342 g/mol. The fourth-order valence-electron chi connectivity index (χ4n) is 2.83. The molecular formula is C17H27N3O4S. The SMILES string of the molecule is COCCNS(=O)(=O)c1cccc(C(=O)NCCC2CCCNC2)c1. The Morgan fingerprint density at radius 3 is 2.92 bits per heavy atom. The van der Waals surface area contributed by atoms with Gasteiger partial charge in [-0.25, -0.2) is 13.1 Å². The normalized spacial score (nSPS) is 18.0. The van der Waals surface area contributed by atoms with Crippen molar-refractivity contribution in [1.82, 2.24) is 15.4 Å². The molecule has 0 saturated carbocycles. The first-order chi connectivity index (χ1) is 12.0. The van der Waals surface area contributed by atoms with Gasteiger partial charge in [-0.2, -0.15) is 0 Å². The van der Waals surface area contributed by atoms with Crippen LogP contribution < -0.4 is 15.4 Å². The van der Waals surface area contributed by atoms with E-state index in [4.69, 9.17) is 4.74 Å². The number of rotatable bonds is 9. The van der Waals surface area contributed by atoms with E-state index in [2.05, 4.69) is 15.4 Å². The minimum absolute atomic E-state index is 0.0766. The highest BCUT2D eigenvalue weighted by Crippen LogP contribution is 2.14. The predicted molar refractivity (Wildman–Crippen MR) is 96.1 cm³/mol. The third-order valence-electron chi connectivity index (χ3n) is 4.24. The van der Waals surface area contributed by atoms with E-state index >= 15 is 0 Å². The van der Waals surface area contributed by atoms with Crippen LogP contribution in [0.5, 0.6) is 0 Å². The molecule has 1 saturated heterocycles. The summed E-state index contributed by atoms with van der Waals surface area (Å²) in [7, 11) is -2.14. The Kier molecular flexibility index (Phi) is 7.83.